The molecule has 1 amide bonds. The third kappa shape index (κ3) is 1.84. The van der Waals surface area contributed by atoms with E-state index in [1.165, 1.54) is 0 Å². The molecule has 1 saturated carbocycles. The average molecular weight is 226 g/mol. The van der Waals surface area contributed by atoms with Crippen molar-refractivity contribution in [2.75, 3.05) is 13.7 Å². The van der Waals surface area contributed by atoms with Crippen LogP contribution in [0.4, 0.5) is 0 Å². The van der Waals surface area contributed by atoms with Gasteiger partial charge in [-0.05, 0) is 26.2 Å². The van der Waals surface area contributed by atoms with E-state index in [2.05, 4.69) is 19.2 Å². The zero-order valence-electron chi connectivity index (χ0n) is 10.5. The highest BCUT2D eigenvalue weighted by Gasteiger charge is 2.59. The van der Waals surface area contributed by atoms with Gasteiger partial charge in [0.15, 0.2) is 0 Å². The quantitative estimate of drug-likeness (QED) is 0.763. The van der Waals surface area contributed by atoms with Crippen molar-refractivity contribution < 1.29 is 9.53 Å². The Balaban J connectivity index is 2.09. The molecule has 4 nitrogen and oxygen atoms in total. The molecule has 16 heavy (non-hydrogen) atoms. The van der Waals surface area contributed by atoms with Gasteiger partial charge in [-0.1, -0.05) is 13.3 Å². The fourth-order valence-corrected chi connectivity index (χ4v) is 2.64. The van der Waals surface area contributed by atoms with Crippen LogP contribution in [0.3, 0.4) is 0 Å². The number of carbonyl (C=O) groups is 1. The Hall–Kier alpha value is -0.610. The van der Waals surface area contributed by atoms with Gasteiger partial charge < -0.3 is 9.64 Å². The summed E-state index contributed by atoms with van der Waals surface area (Å²) in [5, 5.41) is 3.50. The number of nitrogens with one attached hydrogen (secondary N) is 1. The maximum absolute atomic E-state index is 12.3. The molecule has 1 saturated heterocycles. The van der Waals surface area contributed by atoms with Crippen LogP contribution in [0.15, 0.2) is 0 Å². The highest BCUT2D eigenvalue weighted by atomic mass is 16.5. The summed E-state index contributed by atoms with van der Waals surface area (Å²) in [6, 6.07) is 0.168. The SMILES string of the molecule is CCCC1NC2(CC2)C(=O)N1C(C)COC. The van der Waals surface area contributed by atoms with E-state index in [0.29, 0.717) is 6.61 Å². The van der Waals surface area contributed by atoms with E-state index in [9.17, 15) is 4.79 Å². The summed E-state index contributed by atoms with van der Waals surface area (Å²) in [6.07, 6.45) is 4.34. The van der Waals surface area contributed by atoms with Crippen molar-refractivity contribution in [3.8, 4) is 0 Å². The monoisotopic (exact) mass is 226 g/mol. The first-order valence-electron chi connectivity index (χ1n) is 6.24. The van der Waals surface area contributed by atoms with Crippen molar-refractivity contribution in [1.29, 1.82) is 0 Å². The molecule has 2 rings (SSSR count). The third-order valence-electron chi connectivity index (χ3n) is 3.62. The van der Waals surface area contributed by atoms with E-state index in [-0.39, 0.29) is 23.7 Å². The van der Waals surface area contributed by atoms with E-state index >= 15 is 0 Å². The van der Waals surface area contributed by atoms with Crippen LogP contribution in [-0.4, -0.2) is 42.3 Å². The molecule has 1 N–H and O–H groups in total. The number of carbonyl (C=O) groups excluding carboxylic acids is 1. The van der Waals surface area contributed by atoms with Gasteiger partial charge in [0.25, 0.3) is 0 Å². The van der Waals surface area contributed by atoms with Crippen molar-refractivity contribution in [3.63, 3.8) is 0 Å². The fourth-order valence-electron chi connectivity index (χ4n) is 2.64. The summed E-state index contributed by atoms with van der Waals surface area (Å²) in [5.74, 6) is 0.288. The Morgan fingerprint density at radius 3 is 2.81 bits per heavy atom. The molecule has 0 aromatic rings. The number of nitrogens with zero attached hydrogens (tertiary/aromatic N) is 1. The molecule has 0 aromatic heterocycles. The highest BCUT2D eigenvalue weighted by molar-refractivity contribution is 5.92. The summed E-state index contributed by atoms with van der Waals surface area (Å²) >= 11 is 0. The second kappa shape index (κ2) is 4.34. The van der Waals surface area contributed by atoms with Crippen molar-refractivity contribution >= 4 is 5.91 Å². The molecular weight excluding hydrogens is 204 g/mol. The first-order chi connectivity index (χ1) is 7.64. The second-order valence-electron chi connectivity index (χ2n) is 5.05. The van der Waals surface area contributed by atoms with Crippen molar-refractivity contribution in [3.05, 3.63) is 0 Å². The lowest BCUT2D eigenvalue weighted by Gasteiger charge is -2.29. The predicted molar refractivity (Wildman–Crippen MR) is 62.0 cm³/mol. The van der Waals surface area contributed by atoms with Gasteiger partial charge in [0.05, 0.1) is 24.4 Å². The Morgan fingerprint density at radius 1 is 1.62 bits per heavy atom. The van der Waals surface area contributed by atoms with Gasteiger partial charge in [0.2, 0.25) is 5.91 Å². The van der Waals surface area contributed by atoms with E-state index in [0.717, 1.165) is 25.7 Å². The summed E-state index contributed by atoms with van der Waals surface area (Å²) in [5.41, 5.74) is -0.193. The van der Waals surface area contributed by atoms with Crippen LogP contribution < -0.4 is 5.32 Å². The van der Waals surface area contributed by atoms with Crippen LogP contribution in [0.25, 0.3) is 0 Å². The molecule has 0 bridgehead atoms. The van der Waals surface area contributed by atoms with Crippen molar-refractivity contribution in [2.24, 2.45) is 0 Å². The van der Waals surface area contributed by atoms with Crippen LogP contribution in [0.2, 0.25) is 0 Å². The van der Waals surface area contributed by atoms with E-state index in [1.54, 1.807) is 7.11 Å². The van der Waals surface area contributed by atoms with E-state index in [1.807, 2.05) is 4.90 Å². The first-order valence-corrected chi connectivity index (χ1v) is 6.24. The molecule has 92 valence electrons. The maximum atomic E-state index is 12.3. The molecule has 1 aliphatic heterocycles. The summed E-state index contributed by atoms with van der Waals surface area (Å²) in [7, 11) is 1.69. The molecule has 2 atom stereocenters. The number of ether oxygens (including phenoxy) is 1. The van der Waals surface area contributed by atoms with Gasteiger partial charge in [0.1, 0.15) is 0 Å². The van der Waals surface area contributed by atoms with Gasteiger partial charge in [-0.2, -0.15) is 0 Å². The molecule has 0 aromatic carbocycles. The zero-order valence-corrected chi connectivity index (χ0v) is 10.5. The molecule has 1 spiro atoms. The second-order valence-corrected chi connectivity index (χ2v) is 5.05. The number of methoxy groups -OCH3 is 1. The van der Waals surface area contributed by atoms with Gasteiger partial charge in [0, 0.05) is 7.11 Å². The molecule has 1 heterocycles. The standard InChI is InChI=1S/C12H22N2O2/c1-4-5-10-13-12(6-7-12)11(15)14(10)9(2)8-16-3/h9-10,13H,4-8H2,1-3H3. The van der Waals surface area contributed by atoms with Crippen LogP contribution in [-0.2, 0) is 9.53 Å². The van der Waals surface area contributed by atoms with Gasteiger partial charge in [-0.25, -0.2) is 0 Å². The lowest BCUT2D eigenvalue weighted by molar-refractivity contribution is -0.133. The van der Waals surface area contributed by atoms with Crippen LogP contribution in [0.5, 0.6) is 0 Å². The highest BCUT2D eigenvalue weighted by Crippen LogP contribution is 2.43. The largest absolute Gasteiger partial charge is 0.383 e. The summed E-state index contributed by atoms with van der Waals surface area (Å²) in [6.45, 7) is 4.83. The molecule has 1 aliphatic carbocycles. The number of rotatable bonds is 5. The lowest BCUT2D eigenvalue weighted by atomic mass is 10.2. The average Bonchev–Trinajstić information content (AvgIpc) is 2.94. The minimum absolute atomic E-state index is 0.168. The van der Waals surface area contributed by atoms with Gasteiger partial charge in [-0.15, -0.1) is 0 Å². The molecule has 2 unspecified atom stereocenters. The Bertz CT molecular complexity index is 276. The van der Waals surface area contributed by atoms with Crippen LogP contribution >= 0.6 is 0 Å². The van der Waals surface area contributed by atoms with Gasteiger partial charge in [-0.3, -0.25) is 10.1 Å². The predicted octanol–water partition coefficient (Wildman–Crippen LogP) is 1.11. The Morgan fingerprint density at radius 2 is 2.31 bits per heavy atom. The number of hydrogen-bond donors (Lipinski definition) is 1. The fraction of sp³-hybridized carbons (Fsp3) is 0.917. The van der Waals surface area contributed by atoms with Crippen molar-refractivity contribution in [2.45, 2.75) is 57.3 Å². The van der Waals surface area contributed by atoms with Gasteiger partial charge >= 0.3 is 0 Å². The molecule has 0 radical (unpaired) electrons. The van der Waals surface area contributed by atoms with E-state index < -0.39 is 0 Å². The number of amides is 1. The number of hydrogen-bond acceptors (Lipinski definition) is 3. The smallest absolute Gasteiger partial charge is 0.244 e. The molecule has 2 aliphatic rings. The minimum atomic E-state index is -0.193. The van der Waals surface area contributed by atoms with Crippen LogP contribution in [0, 0.1) is 0 Å². The first kappa shape index (κ1) is 11.9. The van der Waals surface area contributed by atoms with Crippen molar-refractivity contribution in [1.82, 2.24) is 10.2 Å². The summed E-state index contributed by atoms with van der Waals surface area (Å²) < 4.78 is 5.16. The Labute approximate surface area is 97.3 Å². The summed E-state index contributed by atoms with van der Waals surface area (Å²) in [4.78, 5) is 14.3. The Kier molecular flexibility index (Phi) is 3.22. The van der Waals surface area contributed by atoms with E-state index in [4.69, 9.17) is 4.74 Å². The third-order valence-corrected chi connectivity index (χ3v) is 3.62. The molecular formula is C12H22N2O2. The van der Waals surface area contributed by atoms with Crippen LogP contribution in [0.1, 0.15) is 39.5 Å². The molecule has 4 heteroatoms. The minimum Gasteiger partial charge on any atom is -0.383 e. The normalized spacial score (nSPS) is 28.8. The molecule has 2 fully saturated rings. The topological polar surface area (TPSA) is 41.6 Å². The maximum Gasteiger partial charge on any atom is 0.244 e. The zero-order chi connectivity index (χ0) is 11.8. The lowest BCUT2D eigenvalue weighted by Crippen LogP contribution is -2.45.